The van der Waals surface area contributed by atoms with Crippen molar-refractivity contribution in [3.63, 3.8) is 0 Å². The first-order valence-corrected chi connectivity index (χ1v) is 15.6. The van der Waals surface area contributed by atoms with Crippen LogP contribution in [0.15, 0.2) is 5.03 Å². The maximum absolute atomic E-state index is 13.2. The van der Waals surface area contributed by atoms with Crippen LogP contribution in [0.2, 0.25) is 0 Å². The van der Waals surface area contributed by atoms with E-state index in [0.29, 0.717) is 17.7 Å². The van der Waals surface area contributed by atoms with Crippen LogP contribution in [0.5, 0.6) is 0 Å². The van der Waals surface area contributed by atoms with E-state index in [1.54, 1.807) is 11.8 Å². The number of hydrogen-bond acceptors (Lipinski definition) is 5. The number of fused-ring (bicyclic) bond motifs is 3. The van der Waals surface area contributed by atoms with Gasteiger partial charge < -0.3 is 4.90 Å². The maximum Gasteiger partial charge on any atom is 0.233 e. The van der Waals surface area contributed by atoms with Gasteiger partial charge in [-0.05, 0) is 114 Å². The van der Waals surface area contributed by atoms with Crippen molar-refractivity contribution >= 4 is 39.2 Å². The standard InChI is InChI=1S/C28H37N3OS2/c1-17-6-4-5-9-31(17)23(32)16-33-25-24-21-7-2-3-8-22(21)34-26(24)30-27(29-25)28-13-18-10-19(14-28)12-20(11-18)15-28/h17-20H,2-16H2,1H3/t17-,18?,19?,20?,28?/m1/s1. The smallest absolute Gasteiger partial charge is 0.233 e. The minimum atomic E-state index is 0.203. The summed E-state index contributed by atoms with van der Waals surface area (Å²) in [4.78, 5) is 28.8. The number of carbonyl (C=O) groups is 1. The third-order valence-corrected chi connectivity index (χ3v) is 11.9. The number of aryl methyl sites for hydroxylation is 2. The molecule has 5 fully saturated rings. The number of nitrogens with zero attached hydrogens (tertiary/aromatic N) is 3. The van der Waals surface area contributed by atoms with Gasteiger partial charge in [0.05, 0.1) is 5.75 Å². The van der Waals surface area contributed by atoms with Gasteiger partial charge in [0.25, 0.3) is 0 Å². The van der Waals surface area contributed by atoms with Gasteiger partial charge in [0, 0.05) is 28.3 Å². The fourth-order valence-corrected chi connectivity index (χ4v) is 10.8. The molecule has 182 valence electrons. The molecule has 0 unspecified atom stereocenters. The summed E-state index contributed by atoms with van der Waals surface area (Å²) in [6.45, 7) is 3.14. The number of likely N-dealkylation sites (tertiary alicyclic amines) is 1. The minimum Gasteiger partial charge on any atom is -0.339 e. The number of thiophene rings is 1. The molecule has 3 heterocycles. The van der Waals surface area contributed by atoms with Gasteiger partial charge in [-0.1, -0.05) is 11.8 Å². The third-order valence-electron chi connectivity index (χ3n) is 9.75. The van der Waals surface area contributed by atoms with Crippen LogP contribution in [-0.4, -0.2) is 39.1 Å². The molecule has 1 atom stereocenters. The highest BCUT2D eigenvalue weighted by molar-refractivity contribution is 8.00. The van der Waals surface area contributed by atoms with Gasteiger partial charge in [0.15, 0.2) is 0 Å². The average molecular weight is 496 g/mol. The molecular formula is C28H37N3OS2. The lowest BCUT2D eigenvalue weighted by Crippen LogP contribution is -2.49. The predicted octanol–water partition coefficient (Wildman–Crippen LogP) is 6.53. The average Bonchev–Trinajstić information content (AvgIpc) is 3.20. The second-order valence-electron chi connectivity index (χ2n) is 12.2. The van der Waals surface area contributed by atoms with E-state index in [1.165, 1.54) is 84.9 Å². The molecular weight excluding hydrogens is 458 g/mol. The van der Waals surface area contributed by atoms with Crippen LogP contribution in [0.3, 0.4) is 0 Å². The third kappa shape index (κ3) is 3.65. The molecule has 4 nitrogen and oxygen atoms in total. The molecule has 0 aromatic carbocycles. The van der Waals surface area contributed by atoms with E-state index in [1.807, 2.05) is 11.3 Å². The molecule has 2 aromatic rings. The van der Waals surface area contributed by atoms with Crippen LogP contribution in [0.1, 0.15) is 93.8 Å². The Kier molecular flexibility index (Phi) is 5.50. The highest BCUT2D eigenvalue weighted by atomic mass is 32.2. The lowest BCUT2D eigenvalue weighted by molar-refractivity contribution is -0.131. The number of piperidine rings is 1. The summed E-state index contributed by atoms with van der Waals surface area (Å²) in [5.74, 6) is 4.62. The molecule has 0 N–H and O–H groups in total. The van der Waals surface area contributed by atoms with E-state index in [9.17, 15) is 4.79 Å². The van der Waals surface area contributed by atoms with Crippen molar-refractivity contribution < 1.29 is 4.79 Å². The number of amides is 1. The van der Waals surface area contributed by atoms with Crippen molar-refractivity contribution in [1.82, 2.24) is 14.9 Å². The Morgan fingerprint density at radius 2 is 1.76 bits per heavy atom. The van der Waals surface area contributed by atoms with Gasteiger partial charge in [-0.25, -0.2) is 9.97 Å². The van der Waals surface area contributed by atoms with Crippen LogP contribution in [0.25, 0.3) is 10.2 Å². The van der Waals surface area contributed by atoms with Gasteiger partial charge in [-0.3, -0.25) is 4.79 Å². The summed E-state index contributed by atoms with van der Waals surface area (Å²) in [5, 5.41) is 2.42. The van der Waals surface area contributed by atoms with Crippen molar-refractivity contribution in [2.45, 2.75) is 107 Å². The highest BCUT2D eigenvalue weighted by Crippen LogP contribution is 2.60. The van der Waals surface area contributed by atoms with E-state index in [-0.39, 0.29) is 5.41 Å². The molecule has 34 heavy (non-hydrogen) atoms. The van der Waals surface area contributed by atoms with Crippen LogP contribution >= 0.6 is 23.1 Å². The van der Waals surface area contributed by atoms with Gasteiger partial charge in [0.1, 0.15) is 15.7 Å². The molecule has 0 spiro atoms. The second-order valence-corrected chi connectivity index (χ2v) is 14.2. The summed E-state index contributed by atoms with van der Waals surface area (Å²) in [5.41, 5.74) is 1.71. The van der Waals surface area contributed by atoms with E-state index < -0.39 is 0 Å². The van der Waals surface area contributed by atoms with Gasteiger partial charge in [-0.2, -0.15) is 0 Å². The van der Waals surface area contributed by atoms with Crippen LogP contribution in [-0.2, 0) is 23.1 Å². The lowest BCUT2D eigenvalue weighted by atomic mass is 9.49. The molecule has 6 aliphatic rings. The van der Waals surface area contributed by atoms with Crippen LogP contribution in [0.4, 0.5) is 0 Å². The van der Waals surface area contributed by atoms with Crippen molar-refractivity contribution in [2.75, 3.05) is 12.3 Å². The SMILES string of the molecule is C[C@@H]1CCCCN1C(=O)CSc1nc(C23CC4CC(CC(C4)C2)C3)nc2sc3c(c12)CCCC3. The molecule has 1 saturated heterocycles. The number of aromatic nitrogens is 2. The summed E-state index contributed by atoms with van der Waals surface area (Å²) < 4.78 is 0. The van der Waals surface area contributed by atoms with Crippen molar-refractivity contribution in [1.29, 1.82) is 0 Å². The largest absolute Gasteiger partial charge is 0.339 e. The van der Waals surface area contributed by atoms with Crippen molar-refractivity contribution in [3.8, 4) is 0 Å². The fourth-order valence-electron chi connectivity index (χ4n) is 8.53. The number of rotatable bonds is 4. The van der Waals surface area contributed by atoms with Crippen molar-refractivity contribution in [3.05, 3.63) is 16.3 Å². The second kappa shape index (κ2) is 8.47. The topological polar surface area (TPSA) is 46.1 Å². The zero-order chi connectivity index (χ0) is 22.9. The zero-order valence-electron chi connectivity index (χ0n) is 20.5. The Labute approximate surface area is 211 Å². The zero-order valence-corrected chi connectivity index (χ0v) is 22.1. The molecule has 2 aromatic heterocycles. The number of hydrogen-bond donors (Lipinski definition) is 0. The Hall–Kier alpha value is -1.14. The molecule has 4 saturated carbocycles. The predicted molar refractivity (Wildman–Crippen MR) is 140 cm³/mol. The van der Waals surface area contributed by atoms with E-state index >= 15 is 0 Å². The molecule has 1 amide bonds. The first kappa shape index (κ1) is 22.1. The monoisotopic (exact) mass is 495 g/mol. The molecule has 1 aliphatic heterocycles. The van der Waals surface area contributed by atoms with Gasteiger partial charge in [-0.15, -0.1) is 11.3 Å². The first-order valence-electron chi connectivity index (χ1n) is 13.8. The Morgan fingerprint density at radius 1 is 1.03 bits per heavy atom. The minimum absolute atomic E-state index is 0.203. The van der Waals surface area contributed by atoms with Crippen LogP contribution in [0, 0.1) is 17.8 Å². The number of thioether (sulfide) groups is 1. The summed E-state index contributed by atoms with van der Waals surface area (Å²) in [6, 6.07) is 0.378. The molecule has 8 rings (SSSR count). The van der Waals surface area contributed by atoms with Crippen LogP contribution < -0.4 is 0 Å². The molecule has 0 radical (unpaired) electrons. The van der Waals surface area contributed by atoms with Gasteiger partial charge in [0.2, 0.25) is 5.91 Å². The summed E-state index contributed by atoms with van der Waals surface area (Å²) in [6.07, 6.45) is 16.7. The summed E-state index contributed by atoms with van der Waals surface area (Å²) >= 11 is 3.65. The normalized spacial score (nSPS) is 34.6. The Morgan fingerprint density at radius 3 is 2.50 bits per heavy atom. The molecule has 6 heteroatoms. The lowest BCUT2D eigenvalue weighted by Gasteiger charge is -2.56. The molecule has 5 aliphatic carbocycles. The maximum atomic E-state index is 13.2. The van der Waals surface area contributed by atoms with E-state index in [0.717, 1.165) is 54.4 Å². The summed E-state index contributed by atoms with van der Waals surface area (Å²) in [7, 11) is 0. The fraction of sp³-hybridized carbons (Fsp3) is 0.750. The highest BCUT2D eigenvalue weighted by Gasteiger charge is 2.53. The first-order chi connectivity index (χ1) is 16.6. The number of carbonyl (C=O) groups excluding carboxylic acids is 1. The van der Waals surface area contributed by atoms with E-state index in [2.05, 4.69) is 11.8 Å². The van der Waals surface area contributed by atoms with Crippen molar-refractivity contribution in [2.24, 2.45) is 17.8 Å². The van der Waals surface area contributed by atoms with E-state index in [4.69, 9.17) is 9.97 Å². The van der Waals surface area contributed by atoms with Gasteiger partial charge >= 0.3 is 0 Å². The Balaban J connectivity index is 1.26. The quantitative estimate of drug-likeness (QED) is 0.357. The Bertz CT molecular complexity index is 1090. The molecule has 4 bridgehead atoms.